The first-order valence-corrected chi connectivity index (χ1v) is 3.40. The van der Waals surface area contributed by atoms with Crippen LogP contribution in [0.2, 0.25) is 0 Å². The highest BCUT2D eigenvalue weighted by Crippen LogP contribution is 2.20. The van der Waals surface area contributed by atoms with E-state index >= 15 is 0 Å². The SMILES string of the molecule is Cl.Oc1nccc2ccccc12.[H+]. The maximum Gasteiger partial charge on any atom is 1.00 e. The molecule has 2 rings (SSSR count). The molecule has 1 N–H and O–H groups in total. The molecule has 62 valence electrons. The maximum atomic E-state index is 9.26. The smallest absolute Gasteiger partial charge is 0.493 e. The van der Waals surface area contributed by atoms with E-state index < -0.39 is 0 Å². The van der Waals surface area contributed by atoms with Crippen LogP contribution in [0.3, 0.4) is 0 Å². The van der Waals surface area contributed by atoms with Crippen molar-refractivity contribution in [3.63, 3.8) is 0 Å². The van der Waals surface area contributed by atoms with Gasteiger partial charge >= 0.3 is 1.43 Å². The number of benzene rings is 1. The Morgan fingerprint density at radius 3 is 2.67 bits per heavy atom. The van der Waals surface area contributed by atoms with Gasteiger partial charge in [0.15, 0.2) is 0 Å². The van der Waals surface area contributed by atoms with Gasteiger partial charge in [-0.05, 0) is 17.5 Å². The molecule has 0 spiro atoms. The summed E-state index contributed by atoms with van der Waals surface area (Å²) in [7, 11) is 0. The number of fused-ring (bicyclic) bond motifs is 1. The molecular formula is C9H9ClNO+. The van der Waals surface area contributed by atoms with E-state index in [-0.39, 0.29) is 19.7 Å². The molecule has 3 heteroatoms. The fourth-order valence-electron chi connectivity index (χ4n) is 1.10. The number of aromatic nitrogens is 1. The Morgan fingerprint density at radius 2 is 1.92 bits per heavy atom. The minimum Gasteiger partial charge on any atom is -0.493 e. The second kappa shape index (κ2) is 3.41. The molecule has 0 radical (unpaired) electrons. The van der Waals surface area contributed by atoms with Gasteiger partial charge in [-0.1, -0.05) is 18.2 Å². The molecule has 2 nitrogen and oxygen atoms in total. The Balaban J connectivity index is 0.000000720. The van der Waals surface area contributed by atoms with Gasteiger partial charge in [0.25, 0.3) is 0 Å². The second-order valence-corrected chi connectivity index (χ2v) is 2.36. The molecule has 0 amide bonds. The van der Waals surface area contributed by atoms with E-state index in [4.69, 9.17) is 0 Å². The Kier molecular flexibility index (Phi) is 2.51. The Labute approximate surface area is 77.8 Å². The fourth-order valence-corrected chi connectivity index (χ4v) is 1.10. The van der Waals surface area contributed by atoms with Gasteiger partial charge in [0.1, 0.15) is 0 Å². The molecule has 0 bridgehead atoms. The zero-order chi connectivity index (χ0) is 7.68. The molecule has 0 saturated carbocycles. The highest BCUT2D eigenvalue weighted by Gasteiger charge is 1.96. The first-order chi connectivity index (χ1) is 5.38. The second-order valence-electron chi connectivity index (χ2n) is 2.36. The highest BCUT2D eigenvalue weighted by atomic mass is 35.5. The van der Waals surface area contributed by atoms with Crippen LogP contribution in [-0.4, -0.2) is 10.1 Å². The van der Waals surface area contributed by atoms with Crippen molar-refractivity contribution in [2.45, 2.75) is 0 Å². The molecule has 0 aliphatic carbocycles. The van der Waals surface area contributed by atoms with Crippen molar-refractivity contribution in [3.05, 3.63) is 36.5 Å². The average molecular weight is 183 g/mol. The number of nitrogens with zero attached hydrogens (tertiary/aromatic N) is 1. The van der Waals surface area contributed by atoms with Crippen LogP contribution >= 0.6 is 12.4 Å². The summed E-state index contributed by atoms with van der Waals surface area (Å²) >= 11 is 0. The summed E-state index contributed by atoms with van der Waals surface area (Å²) in [5.74, 6) is 0.100. The van der Waals surface area contributed by atoms with Crippen LogP contribution < -0.4 is 0 Å². The van der Waals surface area contributed by atoms with Crippen molar-refractivity contribution in [3.8, 4) is 5.88 Å². The Bertz CT molecular complexity index is 389. The molecule has 0 fully saturated rings. The first-order valence-electron chi connectivity index (χ1n) is 3.40. The van der Waals surface area contributed by atoms with E-state index in [1.54, 1.807) is 6.20 Å². The van der Waals surface area contributed by atoms with Gasteiger partial charge in [-0.2, -0.15) is 0 Å². The van der Waals surface area contributed by atoms with Gasteiger partial charge in [-0.15, -0.1) is 12.4 Å². The zero-order valence-electron chi connectivity index (χ0n) is 7.27. The molecule has 0 saturated heterocycles. The molecule has 0 aliphatic heterocycles. The lowest BCUT2D eigenvalue weighted by molar-refractivity contribution is 0.460. The lowest BCUT2D eigenvalue weighted by Crippen LogP contribution is -1.75. The molecule has 0 unspecified atom stereocenters. The van der Waals surface area contributed by atoms with E-state index in [1.807, 2.05) is 30.3 Å². The van der Waals surface area contributed by atoms with Gasteiger partial charge in [0.05, 0.1) is 0 Å². The van der Waals surface area contributed by atoms with Crippen LogP contribution in [0.25, 0.3) is 10.8 Å². The molecule has 1 aromatic carbocycles. The molecule has 0 aliphatic rings. The summed E-state index contributed by atoms with van der Waals surface area (Å²) in [6.07, 6.45) is 1.59. The summed E-state index contributed by atoms with van der Waals surface area (Å²) in [5, 5.41) is 11.1. The number of hydrogen-bond acceptors (Lipinski definition) is 2. The predicted molar refractivity (Wildman–Crippen MR) is 51.8 cm³/mol. The summed E-state index contributed by atoms with van der Waals surface area (Å²) < 4.78 is 0. The number of halogens is 1. The van der Waals surface area contributed by atoms with Gasteiger partial charge in [-0.3, -0.25) is 0 Å². The summed E-state index contributed by atoms with van der Waals surface area (Å²) in [5.41, 5.74) is 0. The molecule has 1 heterocycles. The van der Waals surface area contributed by atoms with Gasteiger partial charge < -0.3 is 5.11 Å². The van der Waals surface area contributed by atoms with E-state index in [0.717, 1.165) is 10.8 Å². The first kappa shape index (κ1) is 8.81. The van der Waals surface area contributed by atoms with Crippen LogP contribution in [0.4, 0.5) is 0 Å². The third-order valence-electron chi connectivity index (χ3n) is 1.65. The third kappa shape index (κ3) is 1.34. The van der Waals surface area contributed by atoms with E-state index in [0.29, 0.717) is 0 Å². The number of rotatable bonds is 0. The van der Waals surface area contributed by atoms with Crippen LogP contribution in [0.5, 0.6) is 5.88 Å². The van der Waals surface area contributed by atoms with Crippen molar-refractivity contribution in [2.75, 3.05) is 0 Å². The van der Waals surface area contributed by atoms with E-state index in [9.17, 15) is 5.11 Å². The number of aromatic hydroxyl groups is 1. The van der Waals surface area contributed by atoms with Crippen molar-refractivity contribution < 1.29 is 6.53 Å². The van der Waals surface area contributed by atoms with Crippen molar-refractivity contribution in [1.29, 1.82) is 0 Å². The lowest BCUT2D eigenvalue weighted by Gasteiger charge is -1.96. The van der Waals surface area contributed by atoms with Crippen molar-refractivity contribution >= 4 is 23.2 Å². The summed E-state index contributed by atoms with van der Waals surface area (Å²) in [6.45, 7) is 0. The van der Waals surface area contributed by atoms with Gasteiger partial charge in [0.2, 0.25) is 5.88 Å². The number of pyridine rings is 1. The third-order valence-corrected chi connectivity index (χ3v) is 1.65. The van der Waals surface area contributed by atoms with Crippen LogP contribution in [-0.2, 0) is 0 Å². The van der Waals surface area contributed by atoms with Crippen LogP contribution in [0.15, 0.2) is 36.5 Å². The largest absolute Gasteiger partial charge is 1.00 e. The van der Waals surface area contributed by atoms with Crippen molar-refractivity contribution in [1.82, 2.24) is 4.98 Å². The zero-order valence-corrected chi connectivity index (χ0v) is 7.08. The van der Waals surface area contributed by atoms with E-state index in [1.165, 1.54) is 0 Å². The Hall–Kier alpha value is -1.28. The number of hydrogen-bond donors (Lipinski definition) is 1. The summed E-state index contributed by atoms with van der Waals surface area (Å²) in [4.78, 5) is 3.76. The van der Waals surface area contributed by atoms with E-state index in [2.05, 4.69) is 4.98 Å². The molecule has 2 aromatic rings. The molecule has 12 heavy (non-hydrogen) atoms. The quantitative estimate of drug-likeness (QED) is 0.679. The lowest BCUT2D eigenvalue weighted by atomic mass is 10.2. The highest BCUT2D eigenvalue weighted by molar-refractivity contribution is 5.86. The summed E-state index contributed by atoms with van der Waals surface area (Å²) in [6, 6.07) is 9.47. The standard InChI is InChI=1S/C9H7NO.ClH/c11-9-8-4-2-1-3-7(8)5-6-10-9;/h1-6H,(H,10,11);1H/p+1. The normalized spacial score (nSPS) is 9.33. The van der Waals surface area contributed by atoms with Gasteiger partial charge in [0, 0.05) is 11.6 Å². The van der Waals surface area contributed by atoms with Crippen molar-refractivity contribution in [2.24, 2.45) is 0 Å². The fraction of sp³-hybridized carbons (Fsp3) is 0. The Morgan fingerprint density at radius 1 is 1.17 bits per heavy atom. The minimum absolute atomic E-state index is 0. The van der Waals surface area contributed by atoms with Crippen LogP contribution in [0.1, 0.15) is 1.43 Å². The molecular weight excluding hydrogens is 174 g/mol. The van der Waals surface area contributed by atoms with Crippen LogP contribution in [0, 0.1) is 0 Å². The van der Waals surface area contributed by atoms with Gasteiger partial charge in [-0.25, -0.2) is 4.98 Å². The average Bonchev–Trinajstić information content (AvgIpc) is 2.06. The maximum absolute atomic E-state index is 9.26. The molecule has 1 aromatic heterocycles. The minimum atomic E-state index is 0. The molecule has 0 atom stereocenters. The topological polar surface area (TPSA) is 33.1 Å². The predicted octanol–water partition coefficient (Wildman–Crippen LogP) is 2.47. The monoisotopic (exact) mass is 182 g/mol.